The molecule has 2 N–H and O–H groups in total. The van der Waals surface area contributed by atoms with Gasteiger partial charge in [-0.2, -0.15) is 0 Å². The van der Waals surface area contributed by atoms with Gasteiger partial charge < -0.3 is 14.6 Å². The Kier molecular flexibility index (Phi) is 4.76. The minimum absolute atomic E-state index is 0.0924. The van der Waals surface area contributed by atoms with Crippen LogP contribution in [0.4, 0.5) is 0 Å². The predicted molar refractivity (Wildman–Crippen MR) is 81.0 cm³/mol. The molecule has 1 saturated heterocycles. The van der Waals surface area contributed by atoms with Gasteiger partial charge in [0.05, 0.1) is 11.5 Å². The summed E-state index contributed by atoms with van der Waals surface area (Å²) in [5.41, 5.74) is -1.34. The standard InChI is InChI=1S/C15H22N2O6/c1-8-6-17(14(21)16-12(8)19)11-5-9(18)10(23-11)7-22-13(20)15(2,3)4/h6,9-11,18H,5,7H2,1-4H3,(H,16,19,21)/t9-,10-,11+/m0/s1. The zero-order valence-electron chi connectivity index (χ0n) is 13.7. The van der Waals surface area contributed by atoms with Crippen LogP contribution in [0.3, 0.4) is 0 Å². The molecule has 23 heavy (non-hydrogen) atoms. The Hall–Kier alpha value is -1.93. The molecule has 8 heteroatoms. The second-order valence-electron chi connectivity index (χ2n) is 6.76. The van der Waals surface area contributed by atoms with Gasteiger partial charge in [-0.1, -0.05) is 0 Å². The molecule has 1 aliphatic heterocycles. The van der Waals surface area contributed by atoms with Crippen molar-refractivity contribution in [2.24, 2.45) is 5.41 Å². The summed E-state index contributed by atoms with van der Waals surface area (Å²) in [6.45, 7) is 6.67. The van der Waals surface area contributed by atoms with Crippen LogP contribution in [0.1, 0.15) is 39.0 Å². The Labute approximate surface area is 133 Å². The highest BCUT2D eigenvalue weighted by molar-refractivity contribution is 5.75. The van der Waals surface area contributed by atoms with Crippen molar-refractivity contribution < 1.29 is 19.4 Å². The maximum atomic E-state index is 11.9. The van der Waals surface area contributed by atoms with E-state index in [9.17, 15) is 19.5 Å². The zero-order chi connectivity index (χ0) is 17.4. The van der Waals surface area contributed by atoms with Crippen molar-refractivity contribution in [1.82, 2.24) is 9.55 Å². The van der Waals surface area contributed by atoms with Crippen LogP contribution in [0, 0.1) is 12.3 Å². The molecule has 8 nitrogen and oxygen atoms in total. The van der Waals surface area contributed by atoms with Crippen LogP contribution in [0.2, 0.25) is 0 Å². The molecule has 128 valence electrons. The number of hydrogen-bond donors (Lipinski definition) is 2. The Morgan fingerprint density at radius 3 is 2.74 bits per heavy atom. The molecule has 0 saturated carbocycles. The number of aliphatic hydroxyl groups is 1. The van der Waals surface area contributed by atoms with E-state index < -0.39 is 41.1 Å². The van der Waals surface area contributed by atoms with Gasteiger partial charge >= 0.3 is 11.7 Å². The molecule has 0 radical (unpaired) electrons. The minimum atomic E-state index is -0.869. The predicted octanol–water partition coefficient (Wildman–Crippen LogP) is 0.0827. The number of aryl methyl sites for hydroxylation is 1. The van der Waals surface area contributed by atoms with Crippen molar-refractivity contribution in [3.05, 3.63) is 32.6 Å². The summed E-state index contributed by atoms with van der Waals surface area (Å²) in [6.07, 6.45) is -0.741. The van der Waals surface area contributed by atoms with Crippen molar-refractivity contribution in [3.8, 4) is 0 Å². The van der Waals surface area contributed by atoms with Crippen molar-refractivity contribution >= 4 is 5.97 Å². The van der Waals surface area contributed by atoms with E-state index in [1.807, 2.05) is 0 Å². The van der Waals surface area contributed by atoms with E-state index in [1.165, 1.54) is 10.8 Å². The van der Waals surface area contributed by atoms with Crippen molar-refractivity contribution in [2.45, 2.75) is 52.6 Å². The molecule has 1 fully saturated rings. The van der Waals surface area contributed by atoms with Crippen LogP contribution >= 0.6 is 0 Å². The number of aliphatic hydroxyl groups excluding tert-OH is 1. The van der Waals surface area contributed by atoms with Crippen molar-refractivity contribution in [1.29, 1.82) is 0 Å². The number of carbonyl (C=O) groups excluding carboxylic acids is 1. The number of H-pyrrole nitrogens is 1. The fraction of sp³-hybridized carbons (Fsp3) is 0.667. The van der Waals surface area contributed by atoms with Gasteiger partial charge in [0.15, 0.2) is 0 Å². The number of rotatable bonds is 3. The molecule has 0 bridgehead atoms. The Bertz CT molecular complexity index is 699. The molecule has 0 amide bonds. The van der Waals surface area contributed by atoms with Gasteiger partial charge in [-0.3, -0.25) is 19.1 Å². The summed E-state index contributed by atoms with van der Waals surface area (Å²) in [5.74, 6) is -0.395. The number of nitrogens with zero attached hydrogens (tertiary/aromatic N) is 1. The first kappa shape index (κ1) is 17.4. The molecule has 0 aromatic carbocycles. The third kappa shape index (κ3) is 3.89. The maximum absolute atomic E-state index is 11.9. The van der Waals surface area contributed by atoms with E-state index in [4.69, 9.17) is 9.47 Å². The number of aromatic amines is 1. The van der Waals surface area contributed by atoms with Crippen LogP contribution in [0.15, 0.2) is 15.8 Å². The summed E-state index contributed by atoms with van der Waals surface area (Å²) in [6, 6.07) is 0. The first-order valence-corrected chi connectivity index (χ1v) is 7.42. The summed E-state index contributed by atoms with van der Waals surface area (Å²) >= 11 is 0. The molecule has 2 heterocycles. The number of esters is 1. The van der Waals surface area contributed by atoms with E-state index in [2.05, 4.69) is 4.98 Å². The second-order valence-corrected chi connectivity index (χ2v) is 6.76. The van der Waals surface area contributed by atoms with E-state index in [0.717, 1.165) is 0 Å². The third-order valence-corrected chi connectivity index (χ3v) is 3.65. The summed E-state index contributed by atoms with van der Waals surface area (Å²) in [7, 11) is 0. The third-order valence-electron chi connectivity index (χ3n) is 3.65. The van der Waals surface area contributed by atoms with Gasteiger partial charge in [0.1, 0.15) is 18.9 Å². The lowest BCUT2D eigenvalue weighted by Crippen LogP contribution is -2.34. The highest BCUT2D eigenvalue weighted by Crippen LogP contribution is 2.28. The molecule has 1 aliphatic rings. The number of aromatic nitrogens is 2. The Morgan fingerprint density at radius 2 is 2.13 bits per heavy atom. The summed E-state index contributed by atoms with van der Waals surface area (Å²) in [4.78, 5) is 37.2. The maximum Gasteiger partial charge on any atom is 0.330 e. The normalized spacial score (nSPS) is 24.7. The molecule has 0 unspecified atom stereocenters. The molecule has 1 aromatic rings. The molecule has 0 spiro atoms. The number of nitrogens with one attached hydrogen (secondary N) is 1. The Balaban J connectivity index is 2.07. The SMILES string of the molecule is Cc1cn([C@H]2C[C@H](O)[C@H](COC(=O)C(C)(C)C)O2)c(=O)[nH]c1=O. The molecule has 1 aromatic heterocycles. The topological polar surface area (TPSA) is 111 Å². The molecular weight excluding hydrogens is 304 g/mol. The van der Waals surface area contributed by atoms with Gasteiger partial charge in [-0.05, 0) is 27.7 Å². The van der Waals surface area contributed by atoms with Crippen molar-refractivity contribution in [3.63, 3.8) is 0 Å². The molecular formula is C15H22N2O6. The quantitative estimate of drug-likeness (QED) is 0.761. The summed E-state index contributed by atoms with van der Waals surface area (Å²) in [5, 5.41) is 10.0. The lowest BCUT2D eigenvalue weighted by molar-refractivity contribution is -0.159. The van der Waals surface area contributed by atoms with E-state index >= 15 is 0 Å². The van der Waals surface area contributed by atoms with Crippen LogP contribution in [0.25, 0.3) is 0 Å². The van der Waals surface area contributed by atoms with Gasteiger partial charge in [0.2, 0.25) is 0 Å². The highest BCUT2D eigenvalue weighted by Gasteiger charge is 2.37. The van der Waals surface area contributed by atoms with Gasteiger partial charge in [0, 0.05) is 18.2 Å². The Morgan fingerprint density at radius 1 is 1.48 bits per heavy atom. The fourth-order valence-electron chi connectivity index (χ4n) is 2.21. The van der Waals surface area contributed by atoms with E-state index in [1.54, 1.807) is 27.7 Å². The number of hydrogen-bond acceptors (Lipinski definition) is 6. The number of carbonyl (C=O) groups is 1. The molecule has 3 atom stereocenters. The van der Waals surface area contributed by atoms with Gasteiger partial charge in [-0.25, -0.2) is 4.79 Å². The number of ether oxygens (including phenoxy) is 2. The first-order chi connectivity index (χ1) is 10.6. The largest absolute Gasteiger partial charge is 0.462 e. The van der Waals surface area contributed by atoms with Crippen LogP contribution in [0.5, 0.6) is 0 Å². The van der Waals surface area contributed by atoms with E-state index in [0.29, 0.717) is 5.56 Å². The average molecular weight is 326 g/mol. The fourth-order valence-corrected chi connectivity index (χ4v) is 2.21. The van der Waals surface area contributed by atoms with Crippen LogP contribution in [-0.2, 0) is 14.3 Å². The lowest BCUT2D eigenvalue weighted by atomic mass is 9.97. The molecule has 0 aliphatic carbocycles. The van der Waals surface area contributed by atoms with Gasteiger partial charge in [-0.15, -0.1) is 0 Å². The van der Waals surface area contributed by atoms with E-state index in [-0.39, 0.29) is 13.0 Å². The molecule has 2 rings (SSSR count). The zero-order valence-corrected chi connectivity index (χ0v) is 13.7. The first-order valence-electron chi connectivity index (χ1n) is 7.42. The minimum Gasteiger partial charge on any atom is -0.462 e. The highest BCUT2D eigenvalue weighted by atomic mass is 16.6. The smallest absolute Gasteiger partial charge is 0.330 e. The van der Waals surface area contributed by atoms with Gasteiger partial charge in [0.25, 0.3) is 5.56 Å². The second kappa shape index (κ2) is 6.29. The van der Waals surface area contributed by atoms with Crippen LogP contribution in [-0.4, -0.2) is 39.4 Å². The van der Waals surface area contributed by atoms with Crippen molar-refractivity contribution in [2.75, 3.05) is 6.61 Å². The van der Waals surface area contributed by atoms with Crippen LogP contribution < -0.4 is 11.2 Å². The summed E-state index contributed by atoms with van der Waals surface area (Å²) < 4.78 is 12.0. The monoisotopic (exact) mass is 326 g/mol. The lowest BCUT2D eigenvalue weighted by Gasteiger charge is -2.20. The average Bonchev–Trinajstić information content (AvgIpc) is 2.80.